The molecule has 6 heteroatoms. The van der Waals surface area contributed by atoms with Crippen LogP contribution < -0.4 is 10.1 Å². The molecule has 0 radical (unpaired) electrons. The van der Waals surface area contributed by atoms with Crippen LogP contribution in [-0.2, 0) is 0 Å². The van der Waals surface area contributed by atoms with Gasteiger partial charge in [0.25, 0.3) is 0 Å². The van der Waals surface area contributed by atoms with E-state index in [-0.39, 0.29) is 0 Å². The van der Waals surface area contributed by atoms with Crippen molar-refractivity contribution in [3.8, 4) is 5.75 Å². The first-order valence-corrected chi connectivity index (χ1v) is 6.37. The van der Waals surface area contributed by atoms with Crippen LogP contribution in [0.25, 0.3) is 0 Å². The van der Waals surface area contributed by atoms with E-state index in [9.17, 15) is 4.79 Å². The molecule has 0 aliphatic rings. The fourth-order valence-electron chi connectivity index (χ4n) is 1.36. The predicted octanol–water partition coefficient (Wildman–Crippen LogP) is 5.26. The Morgan fingerprint density at radius 2 is 1.79 bits per heavy atom. The van der Waals surface area contributed by atoms with Gasteiger partial charge in [-0.1, -0.05) is 40.9 Å². The Hall–Kier alpha value is -1.42. The number of anilines is 1. The highest BCUT2D eigenvalue weighted by atomic mass is 35.5. The van der Waals surface area contributed by atoms with Crippen LogP contribution in [0.4, 0.5) is 10.5 Å². The Labute approximate surface area is 125 Å². The van der Waals surface area contributed by atoms with E-state index >= 15 is 0 Å². The van der Waals surface area contributed by atoms with Gasteiger partial charge in [0, 0.05) is 16.8 Å². The summed E-state index contributed by atoms with van der Waals surface area (Å²) >= 11 is 17.4. The lowest BCUT2D eigenvalue weighted by Gasteiger charge is -2.07. The van der Waals surface area contributed by atoms with E-state index in [4.69, 9.17) is 39.5 Å². The van der Waals surface area contributed by atoms with Gasteiger partial charge in [0.05, 0.1) is 10.0 Å². The average molecular weight is 317 g/mol. The molecule has 2 aromatic carbocycles. The zero-order valence-electron chi connectivity index (χ0n) is 9.49. The van der Waals surface area contributed by atoms with Crippen LogP contribution in [0.2, 0.25) is 15.1 Å². The molecule has 0 heterocycles. The summed E-state index contributed by atoms with van der Waals surface area (Å²) in [5.41, 5.74) is 0.539. The lowest BCUT2D eigenvalue weighted by Crippen LogP contribution is -2.16. The molecule has 0 saturated heterocycles. The molecule has 19 heavy (non-hydrogen) atoms. The Morgan fingerprint density at radius 1 is 1.00 bits per heavy atom. The number of hydrogen-bond acceptors (Lipinski definition) is 2. The van der Waals surface area contributed by atoms with E-state index in [1.54, 1.807) is 36.4 Å². The van der Waals surface area contributed by atoms with Crippen LogP contribution in [0, 0.1) is 0 Å². The van der Waals surface area contributed by atoms with Gasteiger partial charge in [0.1, 0.15) is 5.75 Å². The Morgan fingerprint density at radius 3 is 2.47 bits per heavy atom. The molecule has 0 fully saturated rings. The van der Waals surface area contributed by atoms with E-state index in [1.807, 2.05) is 0 Å². The van der Waals surface area contributed by atoms with Gasteiger partial charge in [-0.3, -0.25) is 5.32 Å². The first-order chi connectivity index (χ1) is 9.04. The molecule has 2 aromatic rings. The van der Waals surface area contributed by atoms with Crippen molar-refractivity contribution in [1.29, 1.82) is 0 Å². The van der Waals surface area contributed by atoms with Crippen LogP contribution >= 0.6 is 34.8 Å². The number of amides is 1. The van der Waals surface area contributed by atoms with E-state index in [0.717, 1.165) is 0 Å². The molecule has 0 unspecified atom stereocenters. The van der Waals surface area contributed by atoms with Gasteiger partial charge in [-0.25, -0.2) is 4.79 Å². The predicted molar refractivity (Wildman–Crippen MR) is 77.6 cm³/mol. The Kier molecular flexibility index (Phi) is 4.53. The van der Waals surface area contributed by atoms with E-state index in [0.29, 0.717) is 26.5 Å². The van der Waals surface area contributed by atoms with E-state index < -0.39 is 6.09 Å². The molecule has 0 aromatic heterocycles. The number of nitrogens with one attached hydrogen (secondary N) is 1. The summed E-state index contributed by atoms with van der Waals surface area (Å²) in [7, 11) is 0. The highest BCUT2D eigenvalue weighted by molar-refractivity contribution is 6.42. The third kappa shape index (κ3) is 4.03. The normalized spacial score (nSPS) is 10.1. The van der Waals surface area contributed by atoms with Crippen LogP contribution in [-0.4, -0.2) is 6.09 Å². The third-order valence-electron chi connectivity index (χ3n) is 2.17. The number of hydrogen-bond donors (Lipinski definition) is 1. The molecule has 0 spiro atoms. The van der Waals surface area contributed by atoms with Crippen molar-refractivity contribution in [3.05, 3.63) is 57.5 Å². The maximum absolute atomic E-state index is 11.6. The van der Waals surface area contributed by atoms with Crippen LogP contribution in [0.1, 0.15) is 0 Å². The van der Waals surface area contributed by atoms with Crippen LogP contribution in [0.15, 0.2) is 42.5 Å². The highest BCUT2D eigenvalue weighted by Gasteiger charge is 2.07. The molecule has 98 valence electrons. The quantitative estimate of drug-likeness (QED) is 0.821. The van der Waals surface area contributed by atoms with E-state index in [2.05, 4.69) is 5.32 Å². The summed E-state index contributed by atoms with van der Waals surface area (Å²) in [6, 6.07) is 11.3. The van der Waals surface area contributed by atoms with Gasteiger partial charge < -0.3 is 4.74 Å². The minimum atomic E-state index is -0.638. The maximum atomic E-state index is 11.6. The first kappa shape index (κ1) is 14.0. The smallest absolute Gasteiger partial charge is 0.410 e. The Bertz CT molecular complexity index is 617. The largest absolute Gasteiger partial charge is 0.417 e. The van der Waals surface area contributed by atoms with Crippen LogP contribution in [0.3, 0.4) is 0 Å². The molecule has 0 aliphatic heterocycles. The average Bonchev–Trinajstić information content (AvgIpc) is 2.34. The number of halogens is 3. The van der Waals surface area contributed by atoms with Crippen molar-refractivity contribution in [3.63, 3.8) is 0 Å². The lowest BCUT2D eigenvalue weighted by molar-refractivity contribution is 0.215. The molecule has 1 amide bonds. The maximum Gasteiger partial charge on any atom is 0.417 e. The van der Waals surface area contributed by atoms with Crippen molar-refractivity contribution in [2.24, 2.45) is 0 Å². The van der Waals surface area contributed by atoms with Gasteiger partial charge in [-0.15, -0.1) is 0 Å². The number of benzene rings is 2. The molecule has 0 bridgehead atoms. The van der Waals surface area contributed by atoms with Crippen molar-refractivity contribution >= 4 is 46.6 Å². The molecule has 0 aliphatic carbocycles. The standard InChI is InChI=1S/C13H8Cl3NO2/c14-8-2-1-3-9(6-8)17-13(18)19-10-4-5-11(15)12(16)7-10/h1-7H,(H,17,18). The Balaban J connectivity index is 2.03. The fraction of sp³-hybridized carbons (Fsp3) is 0. The van der Waals surface area contributed by atoms with Gasteiger partial charge in [0.15, 0.2) is 0 Å². The highest BCUT2D eigenvalue weighted by Crippen LogP contribution is 2.26. The summed E-state index contributed by atoms with van der Waals surface area (Å²) < 4.78 is 5.06. The molecule has 0 saturated carbocycles. The number of ether oxygens (including phenoxy) is 1. The molecular weight excluding hydrogens is 309 g/mol. The minimum absolute atomic E-state index is 0.300. The fourth-order valence-corrected chi connectivity index (χ4v) is 1.84. The second kappa shape index (κ2) is 6.15. The number of carbonyl (C=O) groups excluding carboxylic acids is 1. The van der Waals surface area contributed by atoms with E-state index in [1.165, 1.54) is 6.07 Å². The van der Waals surface area contributed by atoms with Crippen LogP contribution in [0.5, 0.6) is 5.75 Å². The monoisotopic (exact) mass is 315 g/mol. The molecule has 2 rings (SSSR count). The molecule has 0 atom stereocenters. The number of carbonyl (C=O) groups is 1. The van der Waals surface area contributed by atoms with Gasteiger partial charge in [-0.2, -0.15) is 0 Å². The van der Waals surface area contributed by atoms with Crippen molar-refractivity contribution in [1.82, 2.24) is 0 Å². The molecule has 1 N–H and O–H groups in total. The van der Waals surface area contributed by atoms with Gasteiger partial charge >= 0.3 is 6.09 Å². The third-order valence-corrected chi connectivity index (χ3v) is 3.15. The minimum Gasteiger partial charge on any atom is -0.410 e. The summed E-state index contributed by atoms with van der Waals surface area (Å²) in [5.74, 6) is 0.300. The second-order valence-corrected chi connectivity index (χ2v) is 4.85. The SMILES string of the molecule is O=C(Nc1cccc(Cl)c1)Oc1ccc(Cl)c(Cl)c1. The van der Waals surface area contributed by atoms with Crippen molar-refractivity contribution in [2.75, 3.05) is 5.32 Å². The summed E-state index contributed by atoms with van der Waals surface area (Å²) in [6.45, 7) is 0. The topological polar surface area (TPSA) is 38.3 Å². The van der Waals surface area contributed by atoms with Gasteiger partial charge in [-0.05, 0) is 30.3 Å². The lowest BCUT2D eigenvalue weighted by atomic mass is 10.3. The molecule has 3 nitrogen and oxygen atoms in total. The zero-order chi connectivity index (χ0) is 13.8. The summed E-state index contributed by atoms with van der Waals surface area (Å²) in [6.07, 6.45) is -0.638. The first-order valence-electron chi connectivity index (χ1n) is 5.24. The van der Waals surface area contributed by atoms with Gasteiger partial charge in [0.2, 0.25) is 0 Å². The zero-order valence-corrected chi connectivity index (χ0v) is 11.8. The number of rotatable bonds is 2. The molecular formula is C13H8Cl3NO2. The summed E-state index contributed by atoms with van der Waals surface area (Å²) in [4.78, 5) is 11.6. The van der Waals surface area contributed by atoms with Crippen molar-refractivity contribution in [2.45, 2.75) is 0 Å². The summed E-state index contributed by atoms with van der Waals surface area (Å²) in [5, 5.41) is 3.77. The second-order valence-electron chi connectivity index (χ2n) is 3.60. The van der Waals surface area contributed by atoms with Crippen molar-refractivity contribution < 1.29 is 9.53 Å².